The van der Waals surface area contributed by atoms with Crippen molar-refractivity contribution in [1.29, 1.82) is 0 Å². The molecule has 64 valence electrons. The highest BCUT2D eigenvalue weighted by molar-refractivity contribution is 9.10. The molecular weight excluding hydrogens is 220 g/mol. The minimum Gasteiger partial charge on any atom is -0.550 e. The summed E-state index contributed by atoms with van der Waals surface area (Å²) in [5.74, 6) is -1.00. The van der Waals surface area contributed by atoms with Crippen LogP contribution in [0.15, 0.2) is 28.7 Å². The van der Waals surface area contributed by atoms with Crippen molar-refractivity contribution < 1.29 is 9.90 Å². The second-order valence-electron chi connectivity index (χ2n) is 2.50. The Bertz CT molecular complexity index is 266. The first-order valence-corrected chi connectivity index (χ1v) is 4.42. The molecule has 0 unspecified atom stereocenters. The molecule has 0 radical (unpaired) electrons. The summed E-state index contributed by atoms with van der Waals surface area (Å²) in [4.78, 5) is 10.1. The van der Waals surface area contributed by atoms with Crippen molar-refractivity contribution >= 4 is 21.9 Å². The second kappa shape index (κ2) is 4.26. The number of aryl methyl sites for hydroxylation is 1. The van der Waals surface area contributed by atoms with Gasteiger partial charge in [0.15, 0.2) is 0 Å². The molecule has 2 nitrogen and oxygen atoms in total. The second-order valence-corrected chi connectivity index (χ2v) is 3.41. The van der Waals surface area contributed by atoms with Crippen LogP contribution in [-0.4, -0.2) is 5.97 Å². The first-order chi connectivity index (χ1) is 5.68. The SMILES string of the molecule is O=C([O-])CCc1ccc(Br)cc1. The molecular formula is C9H8BrO2-. The third-order valence-electron chi connectivity index (χ3n) is 1.53. The van der Waals surface area contributed by atoms with Gasteiger partial charge in [0.05, 0.1) is 0 Å². The normalized spacial score (nSPS) is 9.75. The average molecular weight is 228 g/mol. The monoisotopic (exact) mass is 227 g/mol. The fraction of sp³-hybridized carbons (Fsp3) is 0.222. The van der Waals surface area contributed by atoms with Crippen LogP contribution in [0, 0.1) is 0 Å². The van der Waals surface area contributed by atoms with E-state index in [1.54, 1.807) is 0 Å². The fourth-order valence-corrected chi connectivity index (χ4v) is 1.16. The molecule has 0 bridgehead atoms. The Labute approximate surface area is 79.3 Å². The van der Waals surface area contributed by atoms with Gasteiger partial charge in [0, 0.05) is 10.4 Å². The van der Waals surface area contributed by atoms with Crippen molar-refractivity contribution in [2.45, 2.75) is 12.8 Å². The highest BCUT2D eigenvalue weighted by atomic mass is 79.9. The van der Waals surface area contributed by atoms with E-state index in [1.165, 1.54) is 0 Å². The quantitative estimate of drug-likeness (QED) is 0.777. The molecule has 0 heterocycles. The van der Waals surface area contributed by atoms with Gasteiger partial charge >= 0.3 is 0 Å². The van der Waals surface area contributed by atoms with Crippen LogP contribution < -0.4 is 5.11 Å². The molecule has 1 rings (SSSR count). The average Bonchev–Trinajstić information content (AvgIpc) is 2.03. The molecule has 0 saturated carbocycles. The van der Waals surface area contributed by atoms with E-state index in [1.807, 2.05) is 24.3 Å². The number of carboxylic acid groups (broad SMARTS) is 1. The first kappa shape index (κ1) is 9.26. The largest absolute Gasteiger partial charge is 0.550 e. The van der Waals surface area contributed by atoms with Crippen LogP contribution in [0.5, 0.6) is 0 Å². The van der Waals surface area contributed by atoms with Gasteiger partial charge in [-0.15, -0.1) is 0 Å². The zero-order chi connectivity index (χ0) is 8.97. The Balaban J connectivity index is 2.53. The van der Waals surface area contributed by atoms with E-state index in [9.17, 15) is 9.90 Å². The summed E-state index contributed by atoms with van der Waals surface area (Å²) >= 11 is 3.30. The fourth-order valence-electron chi connectivity index (χ4n) is 0.897. The Morgan fingerprint density at radius 2 is 1.92 bits per heavy atom. The lowest BCUT2D eigenvalue weighted by Gasteiger charge is -2.01. The van der Waals surface area contributed by atoms with Gasteiger partial charge in [0.1, 0.15) is 0 Å². The number of carbonyl (C=O) groups is 1. The molecule has 0 atom stereocenters. The maximum atomic E-state index is 10.1. The summed E-state index contributed by atoms with van der Waals surface area (Å²) < 4.78 is 1.000. The van der Waals surface area contributed by atoms with Gasteiger partial charge < -0.3 is 9.90 Å². The Kier molecular flexibility index (Phi) is 3.29. The van der Waals surface area contributed by atoms with E-state index in [-0.39, 0.29) is 6.42 Å². The smallest absolute Gasteiger partial charge is 0.0417 e. The number of aliphatic carboxylic acids is 1. The molecule has 12 heavy (non-hydrogen) atoms. The van der Waals surface area contributed by atoms with Gasteiger partial charge in [-0.2, -0.15) is 0 Å². The zero-order valence-corrected chi connectivity index (χ0v) is 8.00. The molecule has 0 saturated heterocycles. The van der Waals surface area contributed by atoms with Gasteiger partial charge in [-0.25, -0.2) is 0 Å². The zero-order valence-electron chi connectivity index (χ0n) is 6.42. The van der Waals surface area contributed by atoms with Gasteiger partial charge in [-0.05, 0) is 30.5 Å². The van der Waals surface area contributed by atoms with Crippen molar-refractivity contribution in [3.63, 3.8) is 0 Å². The van der Waals surface area contributed by atoms with Crippen molar-refractivity contribution in [2.75, 3.05) is 0 Å². The first-order valence-electron chi connectivity index (χ1n) is 3.63. The van der Waals surface area contributed by atoms with Gasteiger partial charge in [-0.1, -0.05) is 28.1 Å². The van der Waals surface area contributed by atoms with Crippen LogP contribution in [0.4, 0.5) is 0 Å². The van der Waals surface area contributed by atoms with E-state index in [0.29, 0.717) is 6.42 Å². The molecule has 0 fully saturated rings. The molecule has 0 aliphatic carbocycles. The highest BCUT2D eigenvalue weighted by Crippen LogP contribution is 2.11. The maximum Gasteiger partial charge on any atom is 0.0417 e. The molecule has 0 amide bonds. The van der Waals surface area contributed by atoms with Crippen LogP contribution >= 0.6 is 15.9 Å². The lowest BCUT2D eigenvalue weighted by Crippen LogP contribution is -2.22. The van der Waals surface area contributed by atoms with Crippen LogP contribution in [0.3, 0.4) is 0 Å². The van der Waals surface area contributed by atoms with Crippen molar-refractivity contribution in [1.82, 2.24) is 0 Å². The van der Waals surface area contributed by atoms with Gasteiger partial charge in [0.2, 0.25) is 0 Å². The van der Waals surface area contributed by atoms with E-state index in [0.717, 1.165) is 10.0 Å². The lowest BCUT2D eigenvalue weighted by molar-refractivity contribution is -0.305. The lowest BCUT2D eigenvalue weighted by atomic mass is 10.1. The molecule has 0 aromatic heterocycles. The minimum atomic E-state index is -1.00. The number of halogens is 1. The van der Waals surface area contributed by atoms with E-state index in [4.69, 9.17) is 0 Å². The van der Waals surface area contributed by atoms with Crippen LogP contribution in [0.1, 0.15) is 12.0 Å². The summed E-state index contributed by atoms with van der Waals surface area (Å²) in [6.45, 7) is 0. The molecule has 1 aromatic rings. The van der Waals surface area contributed by atoms with Crippen LogP contribution in [0.2, 0.25) is 0 Å². The van der Waals surface area contributed by atoms with E-state index < -0.39 is 5.97 Å². The Morgan fingerprint density at radius 3 is 2.42 bits per heavy atom. The third-order valence-corrected chi connectivity index (χ3v) is 2.06. The maximum absolute atomic E-state index is 10.1. The molecule has 3 heteroatoms. The number of rotatable bonds is 3. The molecule has 0 aliphatic rings. The molecule has 0 N–H and O–H groups in total. The van der Waals surface area contributed by atoms with Crippen molar-refractivity contribution in [3.8, 4) is 0 Å². The topological polar surface area (TPSA) is 40.1 Å². The van der Waals surface area contributed by atoms with Crippen molar-refractivity contribution in [3.05, 3.63) is 34.3 Å². The molecule has 0 aliphatic heterocycles. The van der Waals surface area contributed by atoms with Crippen molar-refractivity contribution in [2.24, 2.45) is 0 Å². The third kappa shape index (κ3) is 3.05. The number of hydrogen-bond acceptors (Lipinski definition) is 2. The van der Waals surface area contributed by atoms with Gasteiger partial charge in [0.25, 0.3) is 0 Å². The molecule has 0 spiro atoms. The summed E-state index contributed by atoms with van der Waals surface area (Å²) in [5.41, 5.74) is 1.02. The van der Waals surface area contributed by atoms with E-state index in [2.05, 4.69) is 15.9 Å². The predicted molar refractivity (Wildman–Crippen MR) is 47.5 cm³/mol. The highest BCUT2D eigenvalue weighted by Gasteiger charge is 1.92. The Morgan fingerprint density at radius 1 is 1.33 bits per heavy atom. The molecule has 1 aromatic carbocycles. The number of carbonyl (C=O) groups excluding carboxylic acids is 1. The number of benzene rings is 1. The van der Waals surface area contributed by atoms with Crippen LogP contribution in [0.25, 0.3) is 0 Å². The predicted octanol–water partition coefficient (Wildman–Crippen LogP) is 1.13. The summed E-state index contributed by atoms with van der Waals surface area (Å²) in [6.07, 6.45) is 0.622. The summed E-state index contributed by atoms with van der Waals surface area (Å²) in [7, 11) is 0. The standard InChI is InChI=1S/C9H9BrO2/c10-8-4-1-7(2-5-8)3-6-9(11)12/h1-2,4-5H,3,6H2,(H,11,12)/p-1. The summed E-state index contributed by atoms with van der Waals surface area (Å²) in [5, 5.41) is 10.1. The number of hydrogen-bond donors (Lipinski definition) is 0. The summed E-state index contributed by atoms with van der Waals surface area (Å²) in [6, 6.07) is 7.58. The van der Waals surface area contributed by atoms with Gasteiger partial charge in [-0.3, -0.25) is 0 Å². The Hall–Kier alpha value is -0.830. The van der Waals surface area contributed by atoms with E-state index >= 15 is 0 Å². The number of carboxylic acids is 1. The minimum absolute atomic E-state index is 0.0850. The van der Waals surface area contributed by atoms with Crippen LogP contribution in [-0.2, 0) is 11.2 Å².